The number of fused-ring (bicyclic) bond motifs is 1. The van der Waals surface area contributed by atoms with Crippen molar-refractivity contribution in [3.63, 3.8) is 0 Å². The maximum atomic E-state index is 11.9. The molecule has 2 saturated heterocycles. The van der Waals surface area contributed by atoms with Gasteiger partial charge in [0, 0.05) is 18.7 Å². The van der Waals surface area contributed by atoms with Gasteiger partial charge in [-0.15, -0.1) is 0 Å². The minimum Gasteiger partial charge on any atom is -0.378 e. The van der Waals surface area contributed by atoms with Gasteiger partial charge in [-0.25, -0.2) is 0 Å². The van der Waals surface area contributed by atoms with Crippen molar-refractivity contribution >= 4 is 11.6 Å². The second-order valence-electron chi connectivity index (χ2n) is 5.29. The van der Waals surface area contributed by atoms with Gasteiger partial charge < -0.3 is 10.2 Å². The normalized spacial score (nSPS) is 27.2. The molecule has 2 unspecified atom stereocenters. The van der Waals surface area contributed by atoms with E-state index < -0.39 is 0 Å². The first-order valence-corrected chi connectivity index (χ1v) is 6.73. The van der Waals surface area contributed by atoms with E-state index >= 15 is 0 Å². The Balaban J connectivity index is 1.73. The summed E-state index contributed by atoms with van der Waals surface area (Å²) in [5, 5.41) is 3.47. The molecule has 0 spiro atoms. The Morgan fingerprint density at radius 2 is 2.28 bits per heavy atom. The van der Waals surface area contributed by atoms with Crippen LogP contribution in [0.5, 0.6) is 0 Å². The zero-order valence-electron chi connectivity index (χ0n) is 10.7. The number of pyridine rings is 1. The molecule has 4 heteroatoms. The number of rotatable bonds is 2. The molecule has 1 amide bonds. The molecule has 0 bridgehead atoms. The highest BCUT2D eigenvalue weighted by Gasteiger charge is 2.40. The fourth-order valence-corrected chi connectivity index (χ4v) is 3.04. The SMILES string of the molecule is Cc1ccc(NC2CC(=O)N3CCCCC23)cn1. The molecular weight excluding hydrogens is 226 g/mol. The van der Waals surface area contributed by atoms with Gasteiger partial charge >= 0.3 is 0 Å². The molecule has 0 radical (unpaired) electrons. The van der Waals surface area contributed by atoms with Gasteiger partial charge in [0.15, 0.2) is 0 Å². The molecule has 2 aliphatic rings. The summed E-state index contributed by atoms with van der Waals surface area (Å²) in [6, 6.07) is 4.67. The second-order valence-corrected chi connectivity index (χ2v) is 5.29. The maximum Gasteiger partial charge on any atom is 0.225 e. The summed E-state index contributed by atoms with van der Waals surface area (Å²) >= 11 is 0. The van der Waals surface area contributed by atoms with Crippen molar-refractivity contribution in [2.45, 2.75) is 44.7 Å². The number of carbonyl (C=O) groups excluding carboxylic acids is 1. The van der Waals surface area contributed by atoms with Crippen LogP contribution < -0.4 is 5.32 Å². The Labute approximate surface area is 107 Å². The van der Waals surface area contributed by atoms with Crippen molar-refractivity contribution in [3.05, 3.63) is 24.0 Å². The highest BCUT2D eigenvalue weighted by Crippen LogP contribution is 2.30. The molecule has 0 aliphatic carbocycles. The van der Waals surface area contributed by atoms with Crippen molar-refractivity contribution in [2.24, 2.45) is 0 Å². The van der Waals surface area contributed by atoms with E-state index in [4.69, 9.17) is 0 Å². The summed E-state index contributed by atoms with van der Waals surface area (Å²) in [4.78, 5) is 18.3. The number of carbonyl (C=O) groups is 1. The predicted octanol–water partition coefficient (Wildman–Crippen LogP) is 1.96. The minimum atomic E-state index is 0.252. The van der Waals surface area contributed by atoms with Gasteiger partial charge in [0.25, 0.3) is 0 Å². The molecule has 3 rings (SSSR count). The molecule has 0 aromatic carbocycles. The summed E-state index contributed by atoms with van der Waals surface area (Å²) in [5.41, 5.74) is 2.04. The monoisotopic (exact) mass is 245 g/mol. The maximum absolute atomic E-state index is 11.9. The van der Waals surface area contributed by atoms with Crippen molar-refractivity contribution < 1.29 is 4.79 Å². The van der Waals surface area contributed by atoms with Gasteiger partial charge in [0.2, 0.25) is 5.91 Å². The van der Waals surface area contributed by atoms with Crippen LogP contribution >= 0.6 is 0 Å². The van der Waals surface area contributed by atoms with Crippen LogP contribution in [-0.2, 0) is 4.79 Å². The fraction of sp³-hybridized carbons (Fsp3) is 0.571. The van der Waals surface area contributed by atoms with E-state index in [0.717, 1.165) is 30.8 Å². The van der Waals surface area contributed by atoms with Gasteiger partial charge in [-0.2, -0.15) is 0 Å². The number of anilines is 1. The molecule has 1 N–H and O–H groups in total. The minimum absolute atomic E-state index is 0.252. The topological polar surface area (TPSA) is 45.2 Å². The number of aromatic nitrogens is 1. The lowest BCUT2D eigenvalue weighted by Gasteiger charge is -2.32. The summed E-state index contributed by atoms with van der Waals surface area (Å²) in [5.74, 6) is 0.303. The van der Waals surface area contributed by atoms with Crippen LogP contribution in [0.4, 0.5) is 5.69 Å². The van der Waals surface area contributed by atoms with E-state index in [9.17, 15) is 4.79 Å². The molecule has 2 fully saturated rings. The number of hydrogen-bond acceptors (Lipinski definition) is 3. The molecular formula is C14H19N3O. The Morgan fingerprint density at radius 1 is 1.39 bits per heavy atom. The van der Waals surface area contributed by atoms with Gasteiger partial charge in [-0.1, -0.05) is 0 Å². The number of piperidine rings is 1. The lowest BCUT2D eigenvalue weighted by atomic mass is 9.99. The first-order valence-electron chi connectivity index (χ1n) is 6.73. The van der Waals surface area contributed by atoms with Crippen molar-refractivity contribution in [2.75, 3.05) is 11.9 Å². The Hall–Kier alpha value is -1.58. The third-order valence-corrected chi connectivity index (χ3v) is 3.99. The van der Waals surface area contributed by atoms with Crippen molar-refractivity contribution in [1.82, 2.24) is 9.88 Å². The van der Waals surface area contributed by atoms with E-state index in [0.29, 0.717) is 18.4 Å². The van der Waals surface area contributed by atoms with Crippen molar-refractivity contribution in [3.8, 4) is 0 Å². The number of nitrogens with one attached hydrogen (secondary N) is 1. The van der Waals surface area contributed by atoms with Gasteiger partial charge in [0.1, 0.15) is 0 Å². The van der Waals surface area contributed by atoms with Crippen LogP contribution in [0, 0.1) is 6.92 Å². The zero-order valence-corrected chi connectivity index (χ0v) is 10.7. The average molecular weight is 245 g/mol. The summed E-state index contributed by atoms with van der Waals surface area (Å²) in [6.45, 7) is 2.92. The third kappa shape index (κ3) is 2.07. The predicted molar refractivity (Wildman–Crippen MR) is 70.4 cm³/mol. The van der Waals surface area contributed by atoms with Crippen molar-refractivity contribution in [1.29, 1.82) is 0 Å². The van der Waals surface area contributed by atoms with E-state index in [-0.39, 0.29) is 6.04 Å². The standard InChI is InChI=1S/C14H19N3O/c1-10-5-6-11(9-15-10)16-12-8-14(18)17-7-3-2-4-13(12)17/h5-6,9,12-13,16H,2-4,7-8H2,1H3. The quantitative estimate of drug-likeness (QED) is 0.866. The summed E-state index contributed by atoms with van der Waals surface area (Å²) in [6.07, 6.45) is 5.99. The molecule has 2 aliphatic heterocycles. The van der Waals surface area contributed by atoms with Crippen LogP contribution in [-0.4, -0.2) is 34.4 Å². The lowest BCUT2D eigenvalue weighted by Crippen LogP contribution is -2.42. The van der Waals surface area contributed by atoms with Crippen LogP contribution in [0.25, 0.3) is 0 Å². The second kappa shape index (κ2) is 4.59. The first kappa shape index (κ1) is 11.5. The Kier molecular flexibility index (Phi) is 2.94. The highest BCUT2D eigenvalue weighted by molar-refractivity contribution is 5.81. The number of aryl methyl sites for hydroxylation is 1. The van der Waals surface area contributed by atoms with E-state index in [2.05, 4.69) is 15.2 Å². The van der Waals surface area contributed by atoms with Crippen LogP contribution in [0.1, 0.15) is 31.4 Å². The molecule has 3 heterocycles. The number of hydrogen-bond donors (Lipinski definition) is 1. The molecule has 4 nitrogen and oxygen atoms in total. The van der Waals surface area contributed by atoms with Gasteiger partial charge in [-0.05, 0) is 38.3 Å². The zero-order chi connectivity index (χ0) is 12.5. The molecule has 2 atom stereocenters. The van der Waals surface area contributed by atoms with Crippen LogP contribution in [0.3, 0.4) is 0 Å². The Bertz CT molecular complexity index is 443. The molecule has 1 aromatic rings. The van der Waals surface area contributed by atoms with Crippen LogP contribution in [0.2, 0.25) is 0 Å². The van der Waals surface area contributed by atoms with Gasteiger partial charge in [-0.3, -0.25) is 9.78 Å². The van der Waals surface area contributed by atoms with E-state index in [1.807, 2.05) is 25.3 Å². The number of amides is 1. The summed E-state index contributed by atoms with van der Waals surface area (Å²) < 4.78 is 0. The summed E-state index contributed by atoms with van der Waals surface area (Å²) in [7, 11) is 0. The van der Waals surface area contributed by atoms with E-state index in [1.54, 1.807) is 0 Å². The molecule has 18 heavy (non-hydrogen) atoms. The largest absolute Gasteiger partial charge is 0.378 e. The average Bonchev–Trinajstić information content (AvgIpc) is 2.70. The third-order valence-electron chi connectivity index (χ3n) is 3.99. The number of nitrogens with zero attached hydrogens (tertiary/aromatic N) is 2. The molecule has 96 valence electrons. The van der Waals surface area contributed by atoms with E-state index in [1.165, 1.54) is 6.42 Å². The first-order chi connectivity index (χ1) is 8.74. The molecule has 0 saturated carbocycles. The Morgan fingerprint density at radius 3 is 3.06 bits per heavy atom. The van der Waals surface area contributed by atoms with Crippen LogP contribution in [0.15, 0.2) is 18.3 Å². The molecule has 1 aromatic heterocycles. The lowest BCUT2D eigenvalue weighted by molar-refractivity contribution is -0.129. The van der Waals surface area contributed by atoms with Gasteiger partial charge in [0.05, 0.1) is 24.0 Å². The smallest absolute Gasteiger partial charge is 0.225 e. The highest BCUT2D eigenvalue weighted by atomic mass is 16.2. The fourth-order valence-electron chi connectivity index (χ4n) is 3.04.